The molecule has 0 saturated carbocycles. The molecule has 7 nitrogen and oxygen atoms in total. The van der Waals surface area contributed by atoms with Crippen LogP contribution in [0.1, 0.15) is 56.4 Å². The van der Waals surface area contributed by atoms with Crippen molar-refractivity contribution in [2.24, 2.45) is 4.99 Å². The van der Waals surface area contributed by atoms with Crippen LogP contribution in [0.25, 0.3) is 0 Å². The van der Waals surface area contributed by atoms with E-state index in [0.717, 1.165) is 67.6 Å². The highest BCUT2D eigenvalue weighted by molar-refractivity contribution is 5.79. The first-order valence-corrected chi connectivity index (χ1v) is 11.0. The van der Waals surface area contributed by atoms with Crippen molar-refractivity contribution in [3.63, 3.8) is 0 Å². The Morgan fingerprint density at radius 3 is 2.90 bits per heavy atom. The Kier molecular flexibility index (Phi) is 8.16. The van der Waals surface area contributed by atoms with E-state index in [1.165, 1.54) is 19.4 Å². The zero-order valence-corrected chi connectivity index (χ0v) is 18.0. The first kappa shape index (κ1) is 21.4. The largest absolute Gasteiger partial charge is 0.469 e. The van der Waals surface area contributed by atoms with Crippen molar-refractivity contribution in [2.45, 2.75) is 65.5 Å². The summed E-state index contributed by atoms with van der Waals surface area (Å²) in [5.41, 5.74) is 2.13. The molecule has 0 aromatic carbocycles. The summed E-state index contributed by atoms with van der Waals surface area (Å²) in [4.78, 5) is 7.40. The number of hydrogen-bond acceptors (Lipinski definition) is 5. The van der Waals surface area contributed by atoms with Crippen molar-refractivity contribution in [3.8, 4) is 0 Å². The monoisotopic (exact) mass is 401 g/mol. The normalized spacial score (nSPS) is 17.8. The van der Waals surface area contributed by atoms with Gasteiger partial charge < -0.3 is 19.6 Å². The Hall–Kier alpha value is -2.28. The van der Waals surface area contributed by atoms with Crippen molar-refractivity contribution in [3.05, 3.63) is 41.2 Å². The summed E-state index contributed by atoms with van der Waals surface area (Å²) in [5.74, 6) is 2.75. The number of nitrogens with one attached hydrogen (secondary N) is 2. The molecule has 1 fully saturated rings. The molecule has 1 aliphatic rings. The van der Waals surface area contributed by atoms with Gasteiger partial charge in [0.25, 0.3) is 0 Å². The summed E-state index contributed by atoms with van der Waals surface area (Å²) in [5, 5.41) is 11.2. The van der Waals surface area contributed by atoms with Gasteiger partial charge >= 0.3 is 0 Å². The molecule has 3 rings (SSSR count). The molecule has 1 saturated heterocycles. The molecule has 1 unspecified atom stereocenters. The Morgan fingerprint density at radius 1 is 1.28 bits per heavy atom. The number of aryl methyl sites for hydroxylation is 2. The second-order valence-corrected chi connectivity index (χ2v) is 7.46. The van der Waals surface area contributed by atoms with Crippen molar-refractivity contribution in [1.29, 1.82) is 0 Å². The van der Waals surface area contributed by atoms with E-state index in [2.05, 4.69) is 41.5 Å². The van der Waals surface area contributed by atoms with Gasteiger partial charge in [-0.1, -0.05) is 25.9 Å². The van der Waals surface area contributed by atoms with Gasteiger partial charge in [0.1, 0.15) is 11.5 Å². The van der Waals surface area contributed by atoms with Crippen LogP contribution in [-0.4, -0.2) is 48.2 Å². The van der Waals surface area contributed by atoms with E-state index in [0.29, 0.717) is 12.6 Å². The van der Waals surface area contributed by atoms with Crippen LogP contribution in [0.2, 0.25) is 0 Å². The number of nitrogens with zero attached hydrogens (tertiary/aromatic N) is 3. The van der Waals surface area contributed by atoms with Crippen molar-refractivity contribution in [1.82, 2.24) is 20.7 Å². The van der Waals surface area contributed by atoms with E-state index in [1.807, 2.05) is 12.1 Å². The lowest BCUT2D eigenvalue weighted by atomic mass is 10.1. The minimum absolute atomic E-state index is 0.574. The van der Waals surface area contributed by atoms with Gasteiger partial charge in [-0.15, -0.1) is 0 Å². The SMILES string of the molecule is CCc1noc(CC)c1CN=C(NCCc1ccco1)NCC1CCCN1CC. The maximum Gasteiger partial charge on any atom is 0.191 e. The maximum absolute atomic E-state index is 5.49. The van der Waals surface area contributed by atoms with Gasteiger partial charge in [0, 0.05) is 37.5 Å². The number of furan rings is 1. The molecule has 0 amide bonds. The molecule has 2 aromatic heterocycles. The van der Waals surface area contributed by atoms with Gasteiger partial charge in [-0.3, -0.25) is 4.90 Å². The molecule has 2 N–H and O–H groups in total. The fourth-order valence-corrected chi connectivity index (χ4v) is 3.97. The molecule has 0 aliphatic carbocycles. The van der Waals surface area contributed by atoms with Crippen molar-refractivity contribution in [2.75, 3.05) is 26.2 Å². The highest BCUT2D eigenvalue weighted by atomic mass is 16.5. The zero-order valence-electron chi connectivity index (χ0n) is 18.0. The number of rotatable bonds is 10. The lowest BCUT2D eigenvalue weighted by Gasteiger charge is -2.24. The van der Waals surface area contributed by atoms with Gasteiger partial charge in [0.05, 0.1) is 18.5 Å². The van der Waals surface area contributed by atoms with Gasteiger partial charge in [-0.2, -0.15) is 0 Å². The van der Waals surface area contributed by atoms with Crippen LogP contribution in [0.5, 0.6) is 0 Å². The average Bonchev–Trinajstić information content (AvgIpc) is 3.49. The van der Waals surface area contributed by atoms with Crippen LogP contribution in [0.3, 0.4) is 0 Å². The Bertz CT molecular complexity index is 732. The van der Waals surface area contributed by atoms with E-state index < -0.39 is 0 Å². The Morgan fingerprint density at radius 2 is 2.17 bits per heavy atom. The third-order valence-electron chi connectivity index (χ3n) is 5.66. The molecule has 1 aliphatic heterocycles. The van der Waals surface area contributed by atoms with Crippen LogP contribution < -0.4 is 10.6 Å². The molecule has 0 radical (unpaired) electrons. The molecule has 7 heteroatoms. The van der Waals surface area contributed by atoms with E-state index in [9.17, 15) is 0 Å². The molecule has 0 spiro atoms. The van der Waals surface area contributed by atoms with Crippen LogP contribution >= 0.6 is 0 Å². The van der Waals surface area contributed by atoms with Gasteiger partial charge in [0.2, 0.25) is 0 Å². The van der Waals surface area contributed by atoms with Crippen molar-refractivity contribution >= 4 is 5.96 Å². The first-order valence-electron chi connectivity index (χ1n) is 11.0. The second-order valence-electron chi connectivity index (χ2n) is 7.46. The standard InChI is InChI=1S/C22H35N5O2/c1-4-20-19(21(5-2)29-26-20)16-25-22(23-12-11-18-10-8-14-28-18)24-15-17-9-7-13-27(17)6-3/h8,10,14,17H,4-7,9,11-13,15-16H2,1-3H3,(H2,23,24,25). The highest BCUT2D eigenvalue weighted by Gasteiger charge is 2.23. The Balaban J connectivity index is 1.63. The Labute approximate surface area is 173 Å². The molecule has 3 heterocycles. The summed E-state index contributed by atoms with van der Waals surface area (Å²) in [7, 11) is 0. The predicted octanol–water partition coefficient (Wildman–Crippen LogP) is 3.15. The van der Waals surface area contributed by atoms with Crippen LogP contribution in [0.4, 0.5) is 0 Å². The smallest absolute Gasteiger partial charge is 0.191 e. The summed E-state index contributed by atoms with van der Waals surface area (Å²) < 4.78 is 10.9. The van der Waals surface area contributed by atoms with Gasteiger partial charge in [0.15, 0.2) is 5.96 Å². The predicted molar refractivity (Wildman–Crippen MR) is 115 cm³/mol. The average molecular weight is 402 g/mol. The van der Waals surface area contributed by atoms with Gasteiger partial charge in [-0.05, 0) is 44.5 Å². The topological polar surface area (TPSA) is 78.8 Å². The lowest BCUT2D eigenvalue weighted by molar-refractivity contribution is 0.267. The molecule has 160 valence electrons. The number of likely N-dealkylation sites (tertiary alicyclic amines) is 1. The van der Waals surface area contributed by atoms with E-state index in [4.69, 9.17) is 13.9 Å². The maximum atomic E-state index is 5.49. The van der Waals surface area contributed by atoms with E-state index in [1.54, 1.807) is 6.26 Å². The molecular formula is C22H35N5O2. The number of aliphatic imine (C=N–C) groups is 1. The summed E-state index contributed by atoms with van der Waals surface area (Å²) >= 11 is 0. The number of guanidine groups is 1. The second kappa shape index (κ2) is 11.0. The number of aromatic nitrogens is 1. The summed E-state index contributed by atoms with van der Waals surface area (Å²) in [6, 6.07) is 4.50. The number of hydrogen-bond donors (Lipinski definition) is 2. The quantitative estimate of drug-likeness (QED) is 0.470. The summed E-state index contributed by atoms with van der Waals surface area (Å²) in [6.07, 6.45) is 6.75. The van der Waals surface area contributed by atoms with E-state index >= 15 is 0 Å². The van der Waals surface area contributed by atoms with Crippen LogP contribution in [0, 0.1) is 0 Å². The van der Waals surface area contributed by atoms with Crippen LogP contribution in [-0.2, 0) is 25.8 Å². The molecule has 1 atom stereocenters. The molecular weight excluding hydrogens is 366 g/mol. The third-order valence-corrected chi connectivity index (χ3v) is 5.66. The highest BCUT2D eigenvalue weighted by Crippen LogP contribution is 2.17. The van der Waals surface area contributed by atoms with Crippen molar-refractivity contribution < 1.29 is 8.94 Å². The number of likely N-dealkylation sites (N-methyl/N-ethyl adjacent to an activating group) is 1. The van der Waals surface area contributed by atoms with E-state index in [-0.39, 0.29) is 0 Å². The molecule has 29 heavy (non-hydrogen) atoms. The van der Waals surface area contributed by atoms with Crippen LogP contribution in [0.15, 0.2) is 32.3 Å². The zero-order chi connectivity index (χ0) is 20.5. The minimum atomic E-state index is 0.574. The minimum Gasteiger partial charge on any atom is -0.469 e. The molecule has 0 bridgehead atoms. The first-order chi connectivity index (χ1) is 14.2. The third kappa shape index (κ3) is 5.85. The van der Waals surface area contributed by atoms with Gasteiger partial charge in [-0.25, -0.2) is 4.99 Å². The fraction of sp³-hybridized carbons (Fsp3) is 0.636. The lowest BCUT2D eigenvalue weighted by Crippen LogP contribution is -2.45. The summed E-state index contributed by atoms with van der Waals surface area (Å²) in [6.45, 7) is 11.0. The fourth-order valence-electron chi connectivity index (χ4n) is 3.97. The molecule has 2 aromatic rings.